The van der Waals surface area contributed by atoms with Gasteiger partial charge in [-0.1, -0.05) is 0 Å². The predicted octanol–water partition coefficient (Wildman–Crippen LogP) is 3.17. The molecule has 11 heteroatoms. The van der Waals surface area contributed by atoms with E-state index >= 15 is 0 Å². The zero-order valence-corrected chi connectivity index (χ0v) is 22.2. The summed E-state index contributed by atoms with van der Waals surface area (Å²) in [5, 5.41) is 0. The molecule has 4 radical (unpaired) electrons. The lowest BCUT2D eigenvalue weighted by molar-refractivity contribution is -0.164. The molecule has 0 aromatic carbocycles. The Hall–Kier alpha value is -0.993. The van der Waals surface area contributed by atoms with Gasteiger partial charge in [0.15, 0.2) is 8.32 Å². The van der Waals surface area contributed by atoms with Gasteiger partial charge in [0, 0.05) is 15.5 Å². The molecule has 0 aromatic rings. The van der Waals surface area contributed by atoms with Crippen LogP contribution in [-0.4, -0.2) is 73.5 Å². The first-order chi connectivity index (χ1) is 14.0. The number of rotatable bonds is 12. The maximum Gasteiger partial charge on any atom is 0.326 e. The summed E-state index contributed by atoms with van der Waals surface area (Å²) in [5.74, 6) is -1.64. The molecule has 0 amide bonds. The van der Waals surface area contributed by atoms with Crippen molar-refractivity contribution in [1.82, 2.24) is 0 Å². The van der Waals surface area contributed by atoms with Crippen molar-refractivity contribution in [3.63, 3.8) is 0 Å². The van der Waals surface area contributed by atoms with Crippen LogP contribution in [0.2, 0.25) is 19.6 Å². The van der Waals surface area contributed by atoms with Gasteiger partial charge < -0.3 is 18.6 Å². The van der Waals surface area contributed by atoms with Crippen molar-refractivity contribution in [3.05, 3.63) is 0 Å². The van der Waals surface area contributed by atoms with Crippen LogP contribution in [0, 0.1) is 10.8 Å². The van der Waals surface area contributed by atoms with Crippen LogP contribution in [0.5, 0.6) is 0 Å². The number of carbonyl (C=O) groups is 3. The fourth-order valence-corrected chi connectivity index (χ4v) is 4.32. The zero-order valence-electron chi connectivity index (χ0n) is 20.4. The lowest BCUT2D eigenvalue weighted by atomic mass is 9.69. The number of ether oxygens (including phenoxy) is 3. The summed E-state index contributed by atoms with van der Waals surface area (Å²) in [6.45, 7) is 14.9. The van der Waals surface area contributed by atoms with Crippen LogP contribution < -0.4 is 0 Å². The van der Waals surface area contributed by atoms with E-state index in [0.29, 0.717) is 0 Å². The molecule has 176 valence electrons. The molecule has 0 aromatic heterocycles. The fraction of sp³-hybridized carbons (Fsp3) is 0.850. The number of alkyl halides is 1. The van der Waals surface area contributed by atoms with E-state index < -0.39 is 41.9 Å². The van der Waals surface area contributed by atoms with Crippen LogP contribution in [-0.2, 0) is 33.0 Å². The summed E-state index contributed by atoms with van der Waals surface area (Å²) in [6, 6.07) is 0. The standard InChI is InChI=1S/C20H37ClO7Si.B2/c1-10-26-15(22)18(2,3)13-19(4,14-20(5,21)17(24)25-6)16(23)27-11-12-28-29(7,8)9;1-2/h10-14H2,1-9H3;. The van der Waals surface area contributed by atoms with E-state index in [4.69, 9.17) is 30.2 Å². The summed E-state index contributed by atoms with van der Waals surface area (Å²) in [5.41, 5.74) is -2.21. The highest BCUT2D eigenvalue weighted by Gasteiger charge is 2.49. The van der Waals surface area contributed by atoms with Crippen LogP contribution >= 0.6 is 11.6 Å². The second-order valence-electron chi connectivity index (χ2n) is 9.30. The number of carbonyl (C=O) groups excluding carboxylic acids is 3. The van der Waals surface area contributed by atoms with Gasteiger partial charge in [-0.05, 0) is 67.1 Å². The normalized spacial score (nSPS) is 15.4. The molecule has 2 unspecified atom stereocenters. The topological polar surface area (TPSA) is 88.1 Å². The highest BCUT2D eigenvalue weighted by atomic mass is 35.5. The number of hydrogen-bond donors (Lipinski definition) is 0. The van der Waals surface area contributed by atoms with Crippen LogP contribution in [0.3, 0.4) is 0 Å². The van der Waals surface area contributed by atoms with Gasteiger partial charge in [0.05, 0.1) is 31.2 Å². The monoisotopic (exact) mass is 474 g/mol. The third-order valence-corrected chi connectivity index (χ3v) is 5.70. The number of methoxy groups -OCH3 is 1. The maximum atomic E-state index is 13.0. The van der Waals surface area contributed by atoms with Gasteiger partial charge in [0.25, 0.3) is 0 Å². The lowest BCUT2D eigenvalue weighted by Gasteiger charge is -2.37. The Morgan fingerprint density at radius 1 is 0.871 bits per heavy atom. The molecule has 0 heterocycles. The second kappa shape index (κ2) is 13.5. The molecule has 31 heavy (non-hydrogen) atoms. The van der Waals surface area contributed by atoms with Gasteiger partial charge >= 0.3 is 17.9 Å². The van der Waals surface area contributed by atoms with E-state index in [9.17, 15) is 14.4 Å². The summed E-state index contributed by atoms with van der Waals surface area (Å²) in [7, 11) is 7.50. The molecule has 0 aliphatic rings. The molecular weight excluding hydrogens is 437 g/mol. The number of halogens is 1. The fourth-order valence-electron chi connectivity index (χ4n) is 3.26. The Morgan fingerprint density at radius 3 is 1.81 bits per heavy atom. The third-order valence-electron chi connectivity index (χ3n) is 4.34. The van der Waals surface area contributed by atoms with E-state index in [-0.39, 0.29) is 32.7 Å². The molecule has 2 atom stereocenters. The van der Waals surface area contributed by atoms with Crippen molar-refractivity contribution in [2.24, 2.45) is 10.8 Å². The number of esters is 3. The zero-order chi connectivity index (χ0) is 25.1. The van der Waals surface area contributed by atoms with E-state index in [0.717, 1.165) is 0 Å². The van der Waals surface area contributed by atoms with Crippen LogP contribution in [0.25, 0.3) is 0 Å². The molecule has 0 saturated carbocycles. The van der Waals surface area contributed by atoms with Gasteiger partial charge in [0.2, 0.25) is 0 Å². The third kappa shape index (κ3) is 12.0. The number of hydrogen-bond acceptors (Lipinski definition) is 7. The average molecular weight is 475 g/mol. The SMILES string of the molecule is CCOC(=O)C(C)(C)CC(C)(CC(C)(Cl)C(=O)OC)C(=O)OCCO[Si](C)(C)C.[B][B]. The maximum absolute atomic E-state index is 13.0. The average Bonchev–Trinajstić information content (AvgIpc) is 2.64. The molecule has 0 rings (SSSR count). The highest BCUT2D eigenvalue weighted by molar-refractivity contribution is 6.75. The van der Waals surface area contributed by atoms with Crippen molar-refractivity contribution in [3.8, 4) is 0 Å². The molecule has 7 nitrogen and oxygen atoms in total. The Kier molecular flexibility index (Phi) is 14.0. The highest BCUT2D eigenvalue weighted by Crippen LogP contribution is 2.43. The quantitative estimate of drug-likeness (QED) is 0.141. The molecule has 0 saturated heterocycles. The van der Waals surface area contributed by atoms with Crippen molar-refractivity contribution in [1.29, 1.82) is 0 Å². The predicted molar refractivity (Wildman–Crippen MR) is 126 cm³/mol. The summed E-state index contributed by atoms with van der Waals surface area (Å²) < 4.78 is 21.0. The summed E-state index contributed by atoms with van der Waals surface area (Å²) >= 11 is 6.39. The van der Waals surface area contributed by atoms with Gasteiger partial charge in [0.1, 0.15) is 11.5 Å². The van der Waals surface area contributed by atoms with E-state index in [1.807, 2.05) is 19.6 Å². The van der Waals surface area contributed by atoms with Gasteiger partial charge in [-0.2, -0.15) is 0 Å². The van der Waals surface area contributed by atoms with Crippen LogP contribution in [0.15, 0.2) is 0 Å². The molecular formula is C20H37B2ClO7Si. The minimum atomic E-state index is -1.73. The van der Waals surface area contributed by atoms with E-state index in [1.54, 1.807) is 27.7 Å². The van der Waals surface area contributed by atoms with Crippen molar-refractivity contribution >= 4 is 53.3 Å². The Bertz CT molecular complexity index is 595. The van der Waals surface area contributed by atoms with Crippen molar-refractivity contribution in [2.45, 2.75) is 72.0 Å². The van der Waals surface area contributed by atoms with Crippen LogP contribution in [0.1, 0.15) is 47.5 Å². The van der Waals surface area contributed by atoms with Crippen LogP contribution in [0.4, 0.5) is 0 Å². The Labute approximate surface area is 196 Å². The molecule has 0 bridgehead atoms. The van der Waals surface area contributed by atoms with Crippen molar-refractivity contribution < 1.29 is 33.0 Å². The second-order valence-corrected chi connectivity index (χ2v) is 14.7. The molecule has 0 aliphatic carbocycles. The van der Waals surface area contributed by atoms with E-state index in [1.165, 1.54) is 14.0 Å². The summed E-state index contributed by atoms with van der Waals surface area (Å²) in [6.07, 6.45) is 0.0244. The lowest BCUT2D eigenvalue weighted by Crippen LogP contribution is -2.45. The molecule has 0 spiro atoms. The van der Waals surface area contributed by atoms with Gasteiger partial charge in [-0.15, -0.1) is 11.6 Å². The molecule has 0 aliphatic heterocycles. The minimum absolute atomic E-state index is 0.0647. The van der Waals surface area contributed by atoms with Gasteiger partial charge in [-0.25, -0.2) is 0 Å². The van der Waals surface area contributed by atoms with E-state index in [2.05, 4.69) is 15.5 Å². The molecule has 0 N–H and O–H groups in total. The first kappa shape index (κ1) is 32.2. The Morgan fingerprint density at radius 2 is 1.39 bits per heavy atom. The first-order valence-corrected chi connectivity index (χ1v) is 13.9. The smallest absolute Gasteiger partial charge is 0.326 e. The van der Waals surface area contributed by atoms with Gasteiger partial charge in [-0.3, -0.25) is 14.4 Å². The summed E-state index contributed by atoms with van der Waals surface area (Å²) in [4.78, 5) is 36.0. The Balaban J connectivity index is 0. The minimum Gasteiger partial charge on any atom is -0.468 e. The first-order valence-electron chi connectivity index (χ1n) is 10.1. The van der Waals surface area contributed by atoms with Crippen molar-refractivity contribution in [2.75, 3.05) is 26.9 Å². The molecule has 0 fully saturated rings. The largest absolute Gasteiger partial charge is 0.468 e.